The number of hydrogen-bond acceptors (Lipinski definition) is 4. The molecule has 0 aliphatic carbocycles. The van der Waals surface area contributed by atoms with Gasteiger partial charge in [0.05, 0.1) is 0 Å². The minimum Gasteiger partial charge on any atom is -0.486 e. The van der Waals surface area contributed by atoms with E-state index in [4.69, 9.17) is 9.47 Å². The Bertz CT molecular complexity index is 830. The molecular weight excluding hydrogens is 366 g/mol. The molecule has 1 fully saturated rings. The van der Waals surface area contributed by atoms with Crippen molar-refractivity contribution in [2.75, 3.05) is 43.1 Å². The molecule has 2 N–H and O–H groups in total. The Morgan fingerprint density at radius 3 is 2.52 bits per heavy atom. The van der Waals surface area contributed by atoms with Gasteiger partial charge in [-0.3, -0.25) is 0 Å². The fraction of sp³-hybridized carbons (Fsp3) is 0.435. The smallest absolute Gasteiger partial charge is 0.319 e. The summed E-state index contributed by atoms with van der Waals surface area (Å²) in [5.41, 5.74) is 3.13. The number of anilines is 2. The van der Waals surface area contributed by atoms with Crippen LogP contribution in [0.2, 0.25) is 0 Å². The van der Waals surface area contributed by atoms with Crippen LogP contribution in [0, 0.1) is 5.92 Å². The number of hydrogen-bond donors (Lipinski definition) is 2. The molecule has 0 spiro atoms. The molecule has 6 nitrogen and oxygen atoms in total. The summed E-state index contributed by atoms with van der Waals surface area (Å²) in [6.45, 7) is 6.24. The topological polar surface area (TPSA) is 62.8 Å². The first-order valence-corrected chi connectivity index (χ1v) is 10.5. The Labute approximate surface area is 172 Å². The van der Waals surface area contributed by atoms with Gasteiger partial charge in [-0.2, -0.15) is 0 Å². The third kappa shape index (κ3) is 5.13. The highest BCUT2D eigenvalue weighted by Crippen LogP contribution is 2.30. The van der Waals surface area contributed by atoms with Crippen molar-refractivity contribution in [3.8, 4) is 11.5 Å². The van der Waals surface area contributed by atoms with E-state index in [1.54, 1.807) is 0 Å². The second kappa shape index (κ2) is 9.07. The van der Waals surface area contributed by atoms with E-state index >= 15 is 0 Å². The first kappa shape index (κ1) is 19.4. The highest BCUT2D eigenvalue weighted by molar-refractivity contribution is 5.89. The highest BCUT2D eigenvalue weighted by atomic mass is 16.6. The zero-order chi connectivity index (χ0) is 20.1. The van der Waals surface area contributed by atoms with Crippen LogP contribution in [0.5, 0.6) is 11.5 Å². The van der Waals surface area contributed by atoms with E-state index in [1.807, 2.05) is 30.3 Å². The third-order valence-electron chi connectivity index (χ3n) is 5.58. The van der Waals surface area contributed by atoms with Crippen LogP contribution in [-0.4, -0.2) is 38.9 Å². The van der Waals surface area contributed by atoms with Crippen molar-refractivity contribution in [3.05, 3.63) is 48.0 Å². The number of ether oxygens (including phenoxy) is 2. The number of benzene rings is 2. The molecule has 1 saturated heterocycles. The van der Waals surface area contributed by atoms with Crippen molar-refractivity contribution in [1.82, 2.24) is 5.32 Å². The Morgan fingerprint density at radius 1 is 1.03 bits per heavy atom. The average Bonchev–Trinajstić information content (AvgIpc) is 2.75. The van der Waals surface area contributed by atoms with E-state index in [1.165, 1.54) is 18.5 Å². The molecule has 2 aliphatic rings. The standard InChI is InChI=1S/C23H29N3O3/c1-17-9-12-26(13-10-17)20-5-3-19(4-6-20)25-23(27)24-11-8-18-2-7-21-22(16-18)29-15-14-28-21/h2-7,16-17H,8-15H2,1H3,(H2,24,25,27). The summed E-state index contributed by atoms with van der Waals surface area (Å²) < 4.78 is 11.1. The molecule has 0 saturated carbocycles. The average molecular weight is 396 g/mol. The zero-order valence-corrected chi connectivity index (χ0v) is 16.9. The highest BCUT2D eigenvalue weighted by Gasteiger charge is 2.16. The van der Waals surface area contributed by atoms with Crippen molar-refractivity contribution in [2.45, 2.75) is 26.2 Å². The van der Waals surface area contributed by atoms with Crippen LogP contribution in [-0.2, 0) is 6.42 Å². The molecule has 6 heteroatoms. The van der Waals surface area contributed by atoms with Crippen LogP contribution < -0.4 is 25.0 Å². The fourth-order valence-corrected chi connectivity index (χ4v) is 3.76. The van der Waals surface area contributed by atoms with Crippen LogP contribution in [0.3, 0.4) is 0 Å². The number of fused-ring (bicyclic) bond motifs is 1. The molecule has 2 aromatic carbocycles. The summed E-state index contributed by atoms with van der Waals surface area (Å²) >= 11 is 0. The molecule has 4 rings (SSSR count). The van der Waals surface area contributed by atoms with Crippen molar-refractivity contribution >= 4 is 17.4 Å². The number of piperidine rings is 1. The predicted molar refractivity (Wildman–Crippen MR) is 115 cm³/mol. The predicted octanol–water partition coefficient (Wildman–Crippen LogP) is 4.06. The van der Waals surface area contributed by atoms with Gasteiger partial charge in [0.25, 0.3) is 0 Å². The number of nitrogens with one attached hydrogen (secondary N) is 2. The maximum absolute atomic E-state index is 12.2. The number of nitrogens with zero attached hydrogens (tertiary/aromatic N) is 1. The van der Waals surface area contributed by atoms with E-state index < -0.39 is 0 Å². The summed E-state index contributed by atoms with van der Waals surface area (Å²) in [5, 5.41) is 5.81. The van der Waals surface area contributed by atoms with Gasteiger partial charge in [0.1, 0.15) is 13.2 Å². The number of amides is 2. The number of carbonyl (C=O) groups excluding carboxylic acids is 1. The van der Waals surface area contributed by atoms with Gasteiger partial charge in [-0.1, -0.05) is 13.0 Å². The molecule has 2 aliphatic heterocycles. The third-order valence-corrected chi connectivity index (χ3v) is 5.58. The zero-order valence-electron chi connectivity index (χ0n) is 16.9. The Balaban J connectivity index is 1.22. The van der Waals surface area contributed by atoms with Crippen molar-refractivity contribution in [3.63, 3.8) is 0 Å². The second-order valence-electron chi connectivity index (χ2n) is 7.83. The molecule has 0 radical (unpaired) electrons. The summed E-state index contributed by atoms with van der Waals surface area (Å²) in [6.07, 6.45) is 3.22. The van der Waals surface area contributed by atoms with Crippen LogP contribution >= 0.6 is 0 Å². The number of urea groups is 1. The van der Waals surface area contributed by atoms with Gasteiger partial charge in [0.2, 0.25) is 0 Å². The Hall–Kier alpha value is -2.89. The van der Waals surface area contributed by atoms with Gasteiger partial charge in [-0.25, -0.2) is 4.79 Å². The fourth-order valence-electron chi connectivity index (χ4n) is 3.76. The van der Waals surface area contributed by atoms with E-state index in [9.17, 15) is 4.79 Å². The normalized spacial score (nSPS) is 16.4. The lowest BCUT2D eigenvalue weighted by atomic mass is 9.99. The van der Waals surface area contributed by atoms with Gasteiger partial charge >= 0.3 is 6.03 Å². The first-order chi connectivity index (χ1) is 14.2. The minimum atomic E-state index is -0.193. The Morgan fingerprint density at radius 2 is 1.76 bits per heavy atom. The van der Waals surface area contributed by atoms with Gasteiger partial charge < -0.3 is 25.0 Å². The van der Waals surface area contributed by atoms with Crippen LogP contribution in [0.1, 0.15) is 25.3 Å². The largest absolute Gasteiger partial charge is 0.486 e. The van der Waals surface area contributed by atoms with Crippen molar-refractivity contribution < 1.29 is 14.3 Å². The molecule has 2 amide bonds. The number of carbonyl (C=O) groups is 1. The van der Waals surface area contributed by atoms with Crippen LogP contribution in [0.15, 0.2) is 42.5 Å². The summed E-state index contributed by atoms with van der Waals surface area (Å²) in [6, 6.07) is 13.8. The van der Waals surface area contributed by atoms with E-state index in [-0.39, 0.29) is 6.03 Å². The van der Waals surface area contributed by atoms with Gasteiger partial charge in [-0.05, 0) is 67.1 Å². The van der Waals surface area contributed by atoms with E-state index in [0.29, 0.717) is 19.8 Å². The maximum atomic E-state index is 12.2. The molecule has 29 heavy (non-hydrogen) atoms. The van der Waals surface area contributed by atoms with E-state index in [2.05, 4.69) is 34.6 Å². The molecule has 0 atom stereocenters. The summed E-state index contributed by atoms with van der Waals surface area (Å²) in [4.78, 5) is 14.6. The Kier molecular flexibility index (Phi) is 6.08. The molecule has 154 valence electrons. The molecule has 0 bridgehead atoms. The molecular formula is C23H29N3O3. The quantitative estimate of drug-likeness (QED) is 0.802. The first-order valence-electron chi connectivity index (χ1n) is 10.5. The number of rotatable bonds is 5. The lowest BCUT2D eigenvalue weighted by Gasteiger charge is -2.32. The van der Waals surface area contributed by atoms with Gasteiger partial charge in [-0.15, -0.1) is 0 Å². The summed E-state index contributed by atoms with van der Waals surface area (Å²) in [7, 11) is 0. The molecule has 2 heterocycles. The molecule has 0 aromatic heterocycles. The monoisotopic (exact) mass is 395 g/mol. The minimum absolute atomic E-state index is 0.193. The SMILES string of the molecule is CC1CCN(c2ccc(NC(=O)NCCc3ccc4c(c3)OCCO4)cc2)CC1. The van der Waals surface area contributed by atoms with Crippen molar-refractivity contribution in [1.29, 1.82) is 0 Å². The van der Waals surface area contributed by atoms with Gasteiger partial charge in [0, 0.05) is 31.0 Å². The second-order valence-corrected chi connectivity index (χ2v) is 7.83. The van der Waals surface area contributed by atoms with Crippen LogP contribution in [0.25, 0.3) is 0 Å². The lowest BCUT2D eigenvalue weighted by Crippen LogP contribution is -2.32. The lowest BCUT2D eigenvalue weighted by molar-refractivity contribution is 0.171. The van der Waals surface area contributed by atoms with Gasteiger partial charge in [0.15, 0.2) is 11.5 Å². The maximum Gasteiger partial charge on any atom is 0.319 e. The molecule has 0 unspecified atom stereocenters. The molecule has 2 aromatic rings. The van der Waals surface area contributed by atoms with E-state index in [0.717, 1.165) is 48.2 Å². The van der Waals surface area contributed by atoms with Crippen molar-refractivity contribution in [2.24, 2.45) is 5.92 Å². The summed E-state index contributed by atoms with van der Waals surface area (Å²) in [5.74, 6) is 2.38. The van der Waals surface area contributed by atoms with Crippen LogP contribution in [0.4, 0.5) is 16.2 Å².